The molecule has 0 fully saturated rings. The van der Waals surface area contributed by atoms with E-state index in [4.69, 9.17) is 4.74 Å². The molecule has 108 valence electrons. The molecule has 1 unspecified atom stereocenters. The zero-order valence-electron chi connectivity index (χ0n) is 12.9. The van der Waals surface area contributed by atoms with Crippen LogP contribution in [-0.4, -0.2) is 49.7 Å². The Bertz CT molecular complexity index is 242. The van der Waals surface area contributed by atoms with Gasteiger partial charge >= 0.3 is 5.97 Å². The van der Waals surface area contributed by atoms with Gasteiger partial charge in [-0.05, 0) is 46.7 Å². The minimum absolute atomic E-state index is 0.161. The Morgan fingerprint density at radius 2 is 2.00 bits per heavy atom. The fourth-order valence-corrected chi connectivity index (χ4v) is 1.66. The van der Waals surface area contributed by atoms with Gasteiger partial charge in [-0.25, -0.2) is 0 Å². The van der Waals surface area contributed by atoms with Crippen molar-refractivity contribution in [1.29, 1.82) is 0 Å². The van der Waals surface area contributed by atoms with E-state index in [1.807, 2.05) is 0 Å². The maximum Gasteiger partial charge on any atom is 0.322 e. The molecule has 0 aromatic rings. The molecule has 0 spiro atoms. The highest BCUT2D eigenvalue weighted by Crippen LogP contribution is 2.16. The van der Waals surface area contributed by atoms with E-state index in [9.17, 15) is 4.79 Å². The van der Waals surface area contributed by atoms with Crippen molar-refractivity contribution in [2.45, 2.75) is 58.5 Å². The first kappa shape index (κ1) is 17.4. The molecule has 0 aliphatic carbocycles. The predicted octanol–water partition coefficient (Wildman–Crippen LogP) is 2.04. The first-order valence-corrected chi connectivity index (χ1v) is 6.91. The lowest BCUT2D eigenvalue weighted by Crippen LogP contribution is -2.45. The maximum atomic E-state index is 11.6. The van der Waals surface area contributed by atoms with E-state index in [2.05, 4.69) is 45.0 Å². The monoisotopic (exact) mass is 258 g/mol. The third-order valence-corrected chi connectivity index (χ3v) is 3.78. The lowest BCUT2D eigenvalue weighted by atomic mass is 9.99. The number of ether oxygens (including phenoxy) is 1. The minimum atomic E-state index is -0.190. The van der Waals surface area contributed by atoms with Crippen LogP contribution in [0.3, 0.4) is 0 Å². The van der Waals surface area contributed by atoms with E-state index >= 15 is 0 Å². The lowest BCUT2D eigenvalue weighted by Gasteiger charge is -2.35. The number of hydrogen-bond donors (Lipinski definition) is 1. The summed E-state index contributed by atoms with van der Waals surface area (Å²) < 4.78 is 4.83. The lowest BCUT2D eigenvalue weighted by molar-refractivity contribution is -0.143. The Labute approximate surface area is 112 Å². The van der Waals surface area contributed by atoms with Gasteiger partial charge in [0, 0.05) is 12.1 Å². The predicted molar refractivity (Wildman–Crippen MR) is 75.7 cm³/mol. The van der Waals surface area contributed by atoms with Gasteiger partial charge in [0.2, 0.25) is 0 Å². The zero-order chi connectivity index (χ0) is 14.2. The van der Waals surface area contributed by atoms with Crippen molar-refractivity contribution < 1.29 is 9.53 Å². The van der Waals surface area contributed by atoms with Crippen LogP contribution < -0.4 is 5.32 Å². The molecule has 4 nitrogen and oxygen atoms in total. The van der Waals surface area contributed by atoms with Crippen LogP contribution in [0, 0.1) is 0 Å². The van der Waals surface area contributed by atoms with Gasteiger partial charge in [-0.3, -0.25) is 4.79 Å². The third-order valence-electron chi connectivity index (χ3n) is 3.78. The summed E-state index contributed by atoms with van der Waals surface area (Å²) in [7, 11) is 3.56. The second-order valence-corrected chi connectivity index (χ2v) is 5.41. The number of hydrogen-bond acceptors (Lipinski definition) is 4. The molecular weight excluding hydrogens is 228 g/mol. The van der Waals surface area contributed by atoms with Crippen molar-refractivity contribution in [3.8, 4) is 0 Å². The minimum Gasteiger partial charge on any atom is -0.468 e. The molecule has 1 N–H and O–H groups in total. The second-order valence-electron chi connectivity index (χ2n) is 5.41. The number of nitrogens with one attached hydrogen (secondary N) is 1. The van der Waals surface area contributed by atoms with E-state index in [-0.39, 0.29) is 17.6 Å². The molecule has 0 saturated heterocycles. The van der Waals surface area contributed by atoms with E-state index in [1.165, 1.54) is 7.11 Å². The zero-order valence-corrected chi connectivity index (χ0v) is 12.9. The smallest absolute Gasteiger partial charge is 0.322 e. The highest BCUT2D eigenvalue weighted by atomic mass is 16.5. The largest absolute Gasteiger partial charge is 0.468 e. The van der Waals surface area contributed by atoms with E-state index < -0.39 is 0 Å². The maximum absolute atomic E-state index is 11.6. The molecule has 4 heteroatoms. The van der Waals surface area contributed by atoms with Gasteiger partial charge in [0.1, 0.15) is 6.04 Å². The summed E-state index contributed by atoms with van der Waals surface area (Å²) in [5, 5.41) is 3.24. The summed E-state index contributed by atoms with van der Waals surface area (Å²) in [6.07, 6.45) is 2.89. The number of esters is 1. The average Bonchev–Trinajstić information content (AvgIpc) is 2.37. The number of rotatable bonds is 9. The van der Waals surface area contributed by atoms with Gasteiger partial charge in [0.05, 0.1) is 7.11 Å². The fraction of sp³-hybridized carbons (Fsp3) is 0.929. The van der Waals surface area contributed by atoms with Gasteiger partial charge in [0.25, 0.3) is 0 Å². The van der Waals surface area contributed by atoms with Crippen LogP contribution in [0.15, 0.2) is 0 Å². The molecule has 0 heterocycles. The van der Waals surface area contributed by atoms with Crippen LogP contribution >= 0.6 is 0 Å². The van der Waals surface area contributed by atoms with Crippen LogP contribution in [-0.2, 0) is 9.53 Å². The number of methoxy groups -OCH3 is 1. The summed E-state index contributed by atoms with van der Waals surface area (Å²) in [5.74, 6) is -0.161. The van der Waals surface area contributed by atoms with E-state index in [1.54, 1.807) is 0 Å². The molecule has 0 rings (SSSR count). The average molecular weight is 258 g/mol. The van der Waals surface area contributed by atoms with Gasteiger partial charge in [0.15, 0.2) is 0 Å². The quantitative estimate of drug-likeness (QED) is 0.643. The van der Waals surface area contributed by atoms with E-state index in [0.29, 0.717) is 0 Å². The van der Waals surface area contributed by atoms with Crippen LogP contribution in [0.2, 0.25) is 0 Å². The van der Waals surface area contributed by atoms with Gasteiger partial charge < -0.3 is 15.0 Å². The Hall–Kier alpha value is -0.610. The molecule has 0 saturated carbocycles. The van der Waals surface area contributed by atoms with Crippen molar-refractivity contribution in [3.63, 3.8) is 0 Å². The number of carbonyl (C=O) groups excluding carboxylic acids is 1. The summed E-state index contributed by atoms with van der Waals surface area (Å²) in [4.78, 5) is 13.9. The van der Waals surface area contributed by atoms with Crippen LogP contribution in [0.5, 0.6) is 0 Å². The summed E-state index contributed by atoms with van der Waals surface area (Å²) in [6.45, 7) is 10.5. The molecule has 0 aliphatic rings. The molecule has 18 heavy (non-hydrogen) atoms. The molecule has 0 amide bonds. The second kappa shape index (κ2) is 8.48. The van der Waals surface area contributed by atoms with Crippen molar-refractivity contribution in [2.75, 3.05) is 27.2 Å². The van der Waals surface area contributed by atoms with Crippen molar-refractivity contribution in [1.82, 2.24) is 10.2 Å². The Morgan fingerprint density at radius 3 is 2.44 bits per heavy atom. The Morgan fingerprint density at radius 1 is 1.39 bits per heavy atom. The van der Waals surface area contributed by atoms with Crippen LogP contribution in [0.1, 0.15) is 47.0 Å². The molecule has 0 aromatic heterocycles. The Kier molecular flexibility index (Phi) is 8.20. The fourth-order valence-electron chi connectivity index (χ4n) is 1.66. The summed E-state index contributed by atoms with van der Waals surface area (Å²) in [6, 6.07) is -0.190. The molecule has 0 aromatic carbocycles. The van der Waals surface area contributed by atoms with Crippen LogP contribution in [0.25, 0.3) is 0 Å². The van der Waals surface area contributed by atoms with Crippen molar-refractivity contribution in [3.05, 3.63) is 0 Å². The van der Waals surface area contributed by atoms with E-state index in [0.717, 1.165) is 32.4 Å². The molecule has 1 atom stereocenters. The molecule has 0 aliphatic heterocycles. The first-order valence-electron chi connectivity index (χ1n) is 6.91. The summed E-state index contributed by atoms with van der Waals surface area (Å²) >= 11 is 0. The first-order chi connectivity index (χ1) is 8.38. The Balaban J connectivity index is 4.29. The van der Waals surface area contributed by atoms with Crippen LogP contribution in [0.4, 0.5) is 0 Å². The normalized spacial score (nSPS) is 13.7. The van der Waals surface area contributed by atoms with Gasteiger partial charge in [-0.15, -0.1) is 0 Å². The van der Waals surface area contributed by atoms with Crippen molar-refractivity contribution in [2.24, 2.45) is 0 Å². The molecule has 0 radical (unpaired) electrons. The SMILES string of the molecule is CCCNC(CCN(C)C(C)(C)CC)C(=O)OC. The third kappa shape index (κ3) is 5.83. The highest BCUT2D eigenvalue weighted by molar-refractivity contribution is 5.75. The van der Waals surface area contributed by atoms with Gasteiger partial charge in [-0.1, -0.05) is 13.8 Å². The molecular formula is C14H30N2O2. The highest BCUT2D eigenvalue weighted by Gasteiger charge is 2.24. The molecule has 0 bridgehead atoms. The van der Waals surface area contributed by atoms with Crippen molar-refractivity contribution >= 4 is 5.97 Å². The summed E-state index contributed by atoms with van der Waals surface area (Å²) in [5.41, 5.74) is 0.172. The van der Waals surface area contributed by atoms with Gasteiger partial charge in [-0.2, -0.15) is 0 Å². The number of nitrogens with zero attached hydrogens (tertiary/aromatic N) is 1. The number of carbonyl (C=O) groups is 1. The topological polar surface area (TPSA) is 41.6 Å². The standard InChI is InChI=1S/C14H30N2O2/c1-7-10-15-12(13(17)18-6)9-11-16(5)14(3,4)8-2/h12,15H,7-11H2,1-6H3.